The molecule has 1 amide bonds. The van der Waals surface area contributed by atoms with E-state index in [2.05, 4.69) is 9.72 Å². The molecule has 0 saturated carbocycles. The minimum Gasteiger partial charge on any atom is -0.403 e. The van der Waals surface area contributed by atoms with Gasteiger partial charge in [0.25, 0.3) is 0 Å². The standard InChI is InChI=1S/C14H10F4N2O2S2/c1-7(20-11(21)5-23-12-13(20)24-6-19-12)8-2-3-9(15)10(4-8)22-14(16,17)18/h2-4,6-7H,5H2,1H3. The Balaban J connectivity index is 1.95. The van der Waals surface area contributed by atoms with E-state index < -0.39 is 24.0 Å². The molecule has 24 heavy (non-hydrogen) atoms. The number of carbonyl (C=O) groups excluding carboxylic acids is 1. The summed E-state index contributed by atoms with van der Waals surface area (Å²) >= 11 is 2.57. The van der Waals surface area contributed by atoms with Crippen LogP contribution in [0, 0.1) is 5.82 Å². The number of ether oxygens (including phenoxy) is 1. The Hall–Kier alpha value is -1.81. The third-order valence-electron chi connectivity index (χ3n) is 3.39. The first kappa shape index (κ1) is 17.0. The van der Waals surface area contributed by atoms with E-state index in [1.54, 1.807) is 12.4 Å². The molecule has 0 radical (unpaired) electrons. The summed E-state index contributed by atoms with van der Waals surface area (Å²) in [6.07, 6.45) is -4.99. The van der Waals surface area contributed by atoms with E-state index in [-0.39, 0.29) is 11.7 Å². The molecule has 4 nitrogen and oxygen atoms in total. The predicted octanol–water partition coefficient (Wildman–Crippen LogP) is 4.38. The monoisotopic (exact) mass is 378 g/mol. The number of nitrogens with zero attached hydrogens (tertiary/aromatic N) is 2. The first-order valence-corrected chi connectivity index (χ1v) is 8.56. The molecule has 0 aliphatic carbocycles. The largest absolute Gasteiger partial charge is 0.573 e. The molecule has 0 saturated heterocycles. The van der Waals surface area contributed by atoms with Gasteiger partial charge in [0.05, 0.1) is 17.3 Å². The van der Waals surface area contributed by atoms with Crippen molar-refractivity contribution in [2.75, 3.05) is 10.7 Å². The molecule has 1 aromatic heterocycles. The zero-order valence-corrected chi connectivity index (χ0v) is 13.8. The first-order chi connectivity index (χ1) is 11.3. The highest BCUT2D eigenvalue weighted by molar-refractivity contribution is 8.00. The van der Waals surface area contributed by atoms with Gasteiger partial charge in [0.15, 0.2) is 11.6 Å². The van der Waals surface area contributed by atoms with Gasteiger partial charge in [0, 0.05) is 0 Å². The second kappa shape index (κ2) is 6.25. The molecule has 1 unspecified atom stereocenters. The average molecular weight is 378 g/mol. The molecule has 1 aliphatic rings. The number of fused-ring (bicyclic) bond motifs is 1. The lowest BCUT2D eigenvalue weighted by atomic mass is 10.1. The molecule has 128 valence electrons. The van der Waals surface area contributed by atoms with Crippen molar-refractivity contribution in [1.29, 1.82) is 0 Å². The molecule has 0 fully saturated rings. The van der Waals surface area contributed by atoms with E-state index in [0.717, 1.165) is 12.1 Å². The van der Waals surface area contributed by atoms with Crippen molar-refractivity contribution in [3.05, 3.63) is 35.1 Å². The zero-order valence-electron chi connectivity index (χ0n) is 12.1. The van der Waals surface area contributed by atoms with Crippen molar-refractivity contribution < 1.29 is 27.1 Å². The topological polar surface area (TPSA) is 42.4 Å². The van der Waals surface area contributed by atoms with Gasteiger partial charge >= 0.3 is 6.36 Å². The van der Waals surface area contributed by atoms with Gasteiger partial charge in [-0.05, 0) is 24.6 Å². The molecule has 1 atom stereocenters. The predicted molar refractivity (Wildman–Crippen MR) is 81.8 cm³/mol. The van der Waals surface area contributed by atoms with Crippen LogP contribution in [0.1, 0.15) is 18.5 Å². The van der Waals surface area contributed by atoms with Crippen molar-refractivity contribution in [3.8, 4) is 5.75 Å². The number of aromatic nitrogens is 1. The Kier molecular flexibility index (Phi) is 4.43. The number of thioether (sulfide) groups is 1. The second-order valence-corrected chi connectivity index (χ2v) is 6.73. The minimum atomic E-state index is -4.99. The van der Waals surface area contributed by atoms with Crippen molar-refractivity contribution in [2.24, 2.45) is 0 Å². The summed E-state index contributed by atoms with van der Waals surface area (Å²) in [4.78, 5) is 17.9. The fraction of sp³-hybridized carbons (Fsp3) is 0.286. The highest BCUT2D eigenvalue weighted by atomic mass is 32.2. The van der Waals surface area contributed by atoms with Crippen LogP contribution in [-0.2, 0) is 4.79 Å². The number of alkyl halides is 3. The average Bonchev–Trinajstić information content (AvgIpc) is 2.96. The first-order valence-electron chi connectivity index (χ1n) is 6.70. The number of anilines is 1. The molecule has 3 rings (SSSR count). The van der Waals surface area contributed by atoms with Gasteiger partial charge in [0.2, 0.25) is 5.91 Å². The number of hydrogen-bond donors (Lipinski definition) is 0. The van der Waals surface area contributed by atoms with Gasteiger partial charge < -0.3 is 4.74 Å². The fourth-order valence-corrected chi connectivity index (χ4v) is 4.25. The van der Waals surface area contributed by atoms with Crippen molar-refractivity contribution in [3.63, 3.8) is 0 Å². The number of rotatable bonds is 3. The van der Waals surface area contributed by atoms with E-state index >= 15 is 0 Å². The quantitative estimate of drug-likeness (QED) is 0.744. The lowest BCUT2D eigenvalue weighted by molar-refractivity contribution is -0.275. The number of benzene rings is 1. The molecule has 0 bridgehead atoms. The van der Waals surface area contributed by atoms with Gasteiger partial charge in [-0.15, -0.1) is 24.5 Å². The van der Waals surface area contributed by atoms with Crippen LogP contribution >= 0.6 is 23.1 Å². The van der Waals surface area contributed by atoms with E-state index in [9.17, 15) is 22.4 Å². The Bertz CT molecular complexity index is 778. The second-order valence-electron chi connectivity index (χ2n) is 4.93. The fourth-order valence-electron chi connectivity index (χ4n) is 2.33. The van der Waals surface area contributed by atoms with Crippen molar-refractivity contribution >= 4 is 34.0 Å². The molecular formula is C14H10F4N2O2S2. The third-order valence-corrected chi connectivity index (χ3v) is 5.30. The van der Waals surface area contributed by atoms with E-state index in [1.807, 2.05) is 0 Å². The summed E-state index contributed by atoms with van der Waals surface area (Å²) in [6, 6.07) is 2.60. The normalized spacial score (nSPS) is 16.0. The molecule has 0 spiro atoms. The molecule has 2 heterocycles. The maximum atomic E-state index is 13.6. The van der Waals surface area contributed by atoms with Crippen molar-refractivity contribution in [1.82, 2.24) is 4.98 Å². The van der Waals surface area contributed by atoms with Crippen LogP contribution in [-0.4, -0.2) is 23.0 Å². The van der Waals surface area contributed by atoms with E-state index in [4.69, 9.17) is 0 Å². The highest BCUT2D eigenvalue weighted by Gasteiger charge is 2.34. The Morgan fingerprint density at radius 3 is 2.83 bits per heavy atom. The van der Waals surface area contributed by atoms with Crippen LogP contribution in [0.2, 0.25) is 0 Å². The summed E-state index contributed by atoms with van der Waals surface area (Å²) in [7, 11) is 0. The number of amides is 1. The summed E-state index contributed by atoms with van der Waals surface area (Å²) in [6.45, 7) is 1.65. The molecule has 1 aliphatic heterocycles. The summed E-state index contributed by atoms with van der Waals surface area (Å²) in [5.41, 5.74) is 1.93. The van der Waals surface area contributed by atoms with Crippen LogP contribution in [0.4, 0.5) is 22.6 Å². The summed E-state index contributed by atoms with van der Waals surface area (Å²) in [5, 5.41) is 1.33. The van der Waals surface area contributed by atoms with E-state index in [0.29, 0.717) is 15.6 Å². The van der Waals surface area contributed by atoms with Gasteiger partial charge in [0.1, 0.15) is 10.0 Å². The molecule has 1 aromatic carbocycles. The molecule has 2 aromatic rings. The maximum absolute atomic E-state index is 13.6. The summed E-state index contributed by atoms with van der Waals surface area (Å²) < 4.78 is 54.3. The van der Waals surface area contributed by atoms with Crippen LogP contribution in [0.25, 0.3) is 0 Å². The minimum absolute atomic E-state index is 0.188. The molecule has 10 heteroatoms. The highest BCUT2D eigenvalue weighted by Crippen LogP contribution is 2.42. The smallest absolute Gasteiger partial charge is 0.403 e. The van der Waals surface area contributed by atoms with Crippen LogP contribution in [0.5, 0.6) is 5.75 Å². The number of hydrogen-bond acceptors (Lipinski definition) is 5. The SMILES string of the molecule is CC(c1ccc(F)c(OC(F)(F)F)c1)N1C(=O)CSc2ncsc21. The lowest BCUT2D eigenvalue weighted by Crippen LogP contribution is -2.36. The van der Waals surface area contributed by atoms with Gasteiger partial charge in [-0.25, -0.2) is 9.37 Å². The van der Waals surface area contributed by atoms with E-state index in [1.165, 1.54) is 34.1 Å². The molecular weight excluding hydrogens is 368 g/mol. The zero-order chi connectivity index (χ0) is 17.5. The van der Waals surface area contributed by atoms with Gasteiger partial charge in [-0.1, -0.05) is 17.8 Å². The lowest BCUT2D eigenvalue weighted by Gasteiger charge is -2.31. The van der Waals surface area contributed by atoms with Crippen LogP contribution in [0.15, 0.2) is 28.7 Å². The van der Waals surface area contributed by atoms with Crippen LogP contribution in [0.3, 0.4) is 0 Å². The number of thiazole rings is 1. The Morgan fingerprint density at radius 2 is 2.12 bits per heavy atom. The number of carbonyl (C=O) groups is 1. The maximum Gasteiger partial charge on any atom is 0.573 e. The summed E-state index contributed by atoms with van der Waals surface area (Å²) in [5.74, 6) is -2.04. The van der Waals surface area contributed by atoms with Crippen LogP contribution < -0.4 is 9.64 Å². The number of halogens is 4. The Labute approximate surface area is 142 Å². The molecule has 0 N–H and O–H groups in total. The van der Waals surface area contributed by atoms with Crippen molar-refractivity contribution in [2.45, 2.75) is 24.4 Å². The Morgan fingerprint density at radius 1 is 1.38 bits per heavy atom. The van der Waals surface area contributed by atoms with Gasteiger partial charge in [-0.3, -0.25) is 9.69 Å². The van der Waals surface area contributed by atoms with Gasteiger partial charge in [-0.2, -0.15) is 0 Å². The third kappa shape index (κ3) is 3.34.